The van der Waals surface area contributed by atoms with Crippen molar-refractivity contribution in [1.82, 2.24) is 15.0 Å². The Morgan fingerprint density at radius 1 is 1.64 bits per heavy atom. The van der Waals surface area contributed by atoms with E-state index in [4.69, 9.17) is 0 Å². The van der Waals surface area contributed by atoms with Crippen LogP contribution in [0.2, 0.25) is 0 Å². The van der Waals surface area contributed by atoms with Gasteiger partial charge in [-0.15, -0.1) is 0 Å². The third-order valence-electron chi connectivity index (χ3n) is 1.32. The first-order valence-corrected chi connectivity index (χ1v) is 3.83. The fraction of sp³-hybridized carbons (Fsp3) is 0. The number of rotatable bonds is 0. The molecule has 0 atom stereocenters. The van der Waals surface area contributed by atoms with Crippen molar-refractivity contribution in [3.63, 3.8) is 0 Å². The monoisotopic (exact) mass is 216 g/mol. The van der Waals surface area contributed by atoms with Gasteiger partial charge in [0.05, 0.1) is 0 Å². The average molecular weight is 215 g/mol. The summed E-state index contributed by atoms with van der Waals surface area (Å²) in [6.45, 7) is 0. The Labute approximate surface area is 69.9 Å². The summed E-state index contributed by atoms with van der Waals surface area (Å²) in [5.41, 5.74) is 1.02. The molecular formula is C5H4N4OSe. The fourth-order valence-corrected chi connectivity index (χ4v) is 1.30. The molecule has 2 rings (SSSR count). The number of hydrogen-bond acceptors (Lipinski definition) is 3. The van der Waals surface area contributed by atoms with Crippen LogP contribution in [0.5, 0.6) is 0 Å². The van der Waals surface area contributed by atoms with Gasteiger partial charge in [-0.25, -0.2) is 0 Å². The summed E-state index contributed by atoms with van der Waals surface area (Å²) in [6, 6.07) is 0. The van der Waals surface area contributed by atoms with E-state index in [9.17, 15) is 5.21 Å². The zero-order valence-electron chi connectivity index (χ0n) is 5.35. The van der Waals surface area contributed by atoms with E-state index >= 15 is 0 Å². The Bertz CT molecular complexity index is 398. The maximum absolute atomic E-state index is 11.1. The molecule has 2 aromatic heterocycles. The number of aromatic amines is 1. The van der Waals surface area contributed by atoms with E-state index in [2.05, 4.69) is 31.0 Å². The van der Waals surface area contributed by atoms with Crippen molar-refractivity contribution >= 4 is 31.9 Å². The Morgan fingerprint density at radius 3 is 3.18 bits per heavy atom. The van der Waals surface area contributed by atoms with E-state index in [1.807, 2.05) is 0 Å². The summed E-state index contributed by atoms with van der Waals surface area (Å²) in [4.78, 5) is 10.4. The van der Waals surface area contributed by atoms with Crippen LogP contribution in [0.25, 0.3) is 11.2 Å². The predicted molar refractivity (Wildman–Crippen MR) is 39.6 cm³/mol. The molecule has 56 valence electrons. The zero-order valence-corrected chi connectivity index (χ0v) is 7.23. The van der Waals surface area contributed by atoms with E-state index in [1.54, 1.807) is 6.20 Å². The van der Waals surface area contributed by atoms with E-state index in [0.29, 0.717) is 15.9 Å². The van der Waals surface area contributed by atoms with Crippen molar-refractivity contribution < 1.29 is 4.73 Å². The topological polar surface area (TPSA) is 68.5 Å². The van der Waals surface area contributed by atoms with Gasteiger partial charge in [-0.1, -0.05) is 0 Å². The molecule has 11 heavy (non-hydrogen) atoms. The van der Waals surface area contributed by atoms with Crippen molar-refractivity contribution in [1.29, 1.82) is 0 Å². The number of aromatic nitrogens is 4. The van der Waals surface area contributed by atoms with Crippen molar-refractivity contribution in [3.05, 3.63) is 17.7 Å². The molecule has 0 aliphatic heterocycles. The third kappa shape index (κ3) is 0.875. The molecule has 0 aliphatic rings. The Hall–Kier alpha value is -1.13. The van der Waals surface area contributed by atoms with Crippen LogP contribution in [-0.2, 0) is 0 Å². The molecule has 0 radical (unpaired) electrons. The second-order valence-corrected chi connectivity index (χ2v) is 2.89. The van der Waals surface area contributed by atoms with Gasteiger partial charge >= 0.3 is 69.3 Å². The summed E-state index contributed by atoms with van der Waals surface area (Å²) >= 11 is 2.14. The van der Waals surface area contributed by atoms with Crippen LogP contribution in [-0.4, -0.2) is 31.0 Å². The first kappa shape index (κ1) is 6.57. The molecule has 0 spiro atoms. The van der Waals surface area contributed by atoms with Gasteiger partial charge in [0.1, 0.15) is 0 Å². The number of H-pyrrole nitrogens is 1. The molecule has 5 nitrogen and oxygen atoms in total. The first-order chi connectivity index (χ1) is 5.29. The Kier molecular flexibility index (Phi) is 1.30. The molecule has 0 aromatic carbocycles. The second-order valence-electron chi connectivity index (χ2n) is 2.00. The average Bonchev–Trinajstić information content (AvgIpc) is 2.30. The van der Waals surface area contributed by atoms with Gasteiger partial charge in [0.15, 0.2) is 0 Å². The van der Waals surface area contributed by atoms with Crippen LogP contribution < -0.4 is 9.45 Å². The van der Waals surface area contributed by atoms with Crippen molar-refractivity contribution in [2.24, 2.45) is 0 Å². The second kappa shape index (κ2) is 2.18. The van der Waals surface area contributed by atoms with E-state index in [0.717, 1.165) is 4.73 Å². The number of nitrogens with one attached hydrogen (secondary N) is 1. The van der Waals surface area contributed by atoms with Gasteiger partial charge in [-0.05, 0) is 0 Å². The number of nitrogens with zero attached hydrogens (tertiary/aromatic N) is 3. The minimum atomic E-state index is 0.371. The van der Waals surface area contributed by atoms with Crippen LogP contribution in [0.15, 0.2) is 12.5 Å². The van der Waals surface area contributed by atoms with Crippen LogP contribution in [0.4, 0.5) is 0 Å². The molecule has 0 fully saturated rings. The SMILES string of the molecule is [O-][n+]1c([SeH])[nH]c2cncnc21. The van der Waals surface area contributed by atoms with E-state index in [1.165, 1.54) is 6.33 Å². The number of fused-ring (bicyclic) bond motifs is 1. The summed E-state index contributed by atoms with van der Waals surface area (Å²) in [5, 5.41) is 11.1. The molecule has 6 heteroatoms. The first-order valence-electron chi connectivity index (χ1n) is 2.89. The van der Waals surface area contributed by atoms with E-state index in [-0.39, 0.29) is 0 Å². The van der Waals surface area contributed by atoms with Crippen molar-refractivity contribution in [3.8, 4) is 0 Å². The molecule has 2 aromatic rings. The van der Waals surface area contributed by atoms with Gasteiger partial charge < -0.3 is 0 Å². The van der Waals surface area contributed by atoms with Crippen LogP contribution in [0.3, 0.4) is 0 Å². The quantitative estimate of drug-likeness (QED) is 0.317. The maximum atomic E-state index is 11.1. The summed E-state index contributed by atoms with van der Waals surface area (Å²) in [6.07, 6.45) is 2.91. The van der Waals surface area contributed by atoms with Gasteiger partial charge in [0, 0.05) is 0 Å². The van der Waals surface area contributed by atoms with E-state index < -0.39 is 0 Å². The molecule has 0 saturated carbocycles. The fourth-order valence-electron chi connectivity index (χ4n) is 0.845. The number of hydrogen-bond donors (Lipinski definition) is 1. The van der Waals surface area contributed by atoms with Crippen molar-refractivity contribution in [2.45, 2.75) is 0 Å². The molecule has 0 unspecified atom stereocenters. The predicted octanol–water partition coefficient (Wildman–Crippen LogP) is -1.88. The van der Waals surface area contributed by atoms with Gasteiger partial charge in [0.2, 0.25) is 0 Å². The van der Waals surface area contributed by atoms with Gasteiger partial charge in [-0.3, -0.25) is 0 Å². The van der Waals surface area contributed by atoms with Crippen LogP contribution >= 0.6 is 0 Å². The third-order valence-corrected chi connectivity index (χ3v) is 1.94. The van der Waals surface area contributed by atoms with Gasteiger partial charge in [-0.2, -0.15) is 0 Å². The summed E-state index contributed by atoms with van der Waals surface area (Å²) < 4.78 is 1.19. The molecule has 1 N–H and O–H groups in total. The summed E-state index contributed by atoms with van der Waals surface area (Å²) in [5.74, 6) is 0. The summed E-state index contributed by atoms with van der Waals surface area (Å²) in [7, 11) is 0. The zero-order chi connectivity index (χ0) is 7.84. The van der Waals surface area contributed by atoms with Crippen molar-refractivity contribution in [2.75, 3.05) is 0 Å². The molecule has 0 saturated heterocycles. The molecular weight excluding hydrogens is 211 g/mol. The normalized spacial score (nSPS) is 10.6. The Balaban J connectivity index is 2.92. The molecule has 0 aliphatic carbocycles. The van der Waals surface area contributed by atoms with Crippen LogP contribution in [0.1, 0.15) is 0 Å². The molecule has 2 heterocycles. The Morgan fingerprint density at radius 2 is 2.45 bits per heavy atom. The minimum absolute atomic E-state index is 0.371. The standard InChI is InChI=1S/C5H4N4OSe/c10-9-4-3(8-5(9)11)1-6-2-7-4/h1-2,8,11H. The molecule has 0 bridgehead atoms. The number of imidazole rings is 1. The van der Waals surface area contributed by atoms with Crippen LogP contribution in [0, 0.1) is 5.21 Å². The van der Waals surface area contributed by atoms with Gasteiger partial charge in [0.25, 0.3) is 0 Å². The molecule has 0 amide bonds.